The second kappa shape index (κ2) is 5.78. The Hall–Kier alpha value is -0.630. The van der Waals surface area contributed by atoms with Gasteiger partial charge in [0.2, 0.25) is 0 Å². The van der Waals surface area contributed by atoms with Gasteiger partial charge in [0.15, 0.2) is 0 Å². The molecule has 0 aliphatic rings. The van der Waals surface area contributed by atoms with Gasteiger partial charge in [0.25, 0.3) is 0 Å². The molecule has 1 aromatic rings. The highest BCUT2D eigenvalue weighted by atomic mass is 31.2. The van der Waals surface area contributed by atoms with Crippen LogP contribution in [0.5, 0.6) is 0 Å². The summed E-state index contributed by atoms with van der Waals surface area (Å²) in [5.41, 5.74) is -0.0511. The Morgan fingerprint density at radius 1 is 0.895 bits per heavy atom. The fourth-order valence-electron chi connectivity index (χ4n) is 1.72. The molecule has 0 amide bonds. The van der Waals surface area contributed by atoms with Crippen LogP contribution in [0.25, 0.3) is 0 Å². The molecule has 1 rings (SSSR count). The van der Waals surface area contributed by atoms with Crippen LogP contribution in [0.15, 0.2) is 30.3 Å². The monoisotopic (exact) mass is 284 g/mol. The summed E-state index contributed by atoms with van der Waals surface area (Å²) in [7, 11) is -3.18. The van der Waals surface area contributed by atoms with E-state index in [0.29, 0.717) is 6.16 Å². The maximum absolute atomic E-state index is 13.0. The van der Waals surface area contributed by atoms with Gasteiger partial charge in [0.05, 0.1) is 17.4 Å². The van der Waals surface area contributed by atoms with E-state index in [1.54, 1.807) is 0 Å². The third-order valence-corrected chi connectivity index (χ3v) is 4.45. The summed E-state index contributed by atoms with van der Waals surface area (Å²) >= 11 is 0. The average Bonchev–Trinajstić information content (AvgIpc) is 2.11. The second-order valence-corrected chi connectivity index (χ2v) is 8.57. The molecule has 0 unspecified atom stereocenters. The highest BCUT2D eigenvalue weighted by Gasteiger charge is 2.35. The predicted molar refractivity (Wildman–Crippen MR) is 79.4 cm³/mol. The van der Waals surface area contributed by atoms with Crippen molar-refractivity contribution in [3.05, 3.63) is 35.9 Å². The molecule has 0 heterocycles. The Morgan fingerprint density at radius 2 is 1.32 bits per heavy atom. The van der Waals surface area contributed by atoms with Crippen molar-refractivity contribution >= 4 is 7.60 Å². The highest BCUT2D eigenvalue weighted by molar-refractivity contribution is 7.53. The van der Waals surface area contributed by atoms with Crippen LogP contribution >= 0.6 is 7.60 Å². The summed E-state index contributed by atoms with van der Waals surface area (Å²) < 4.78 is 24.4. The quantitative estimate of drug-likeness (QED) is 0.729. The Morgan fingerprint density at radius 3 is 1.68 bits per heavy atom. The van der Waals surface area contributed by atoms with Crippen LogP contribution in [0.4, 0.5) is 0 Å². The smallest absolute Gasteiger partial charge is 0.303 e. The summed E-state index contributed by atoms with van der Waals surface area (Å²) in [5, 5.41) is 0. The minimum atomic E-state index is -3.18. The van der Waals surface area contributed by atoms with Crippen molar-refractivity contribution in [2.45, 2.75) is 58.9 Å². The van der Waals surface area contributed by atoms with E-state index in [0.717, 1.165) is 5.56 Å². The molecule has 3 nitrogen and oxygen atoms in total. The van der Waals surface area contributed by atoms with Crippen molar-refractivity contribution in [2.75, 3.05) is 0 Å². The minimum Gasteiger partial charge on any atom is -0.303 e. The first-order valence-corrected chi connectivity index (χ1v) is 8.26. The number of rotatable bonds is 4. The lowest BCUT2D eigenvalue weighted by Crippen LogP contribution is -2.24. The molecule has 19 heavy (non-hydrogen) atoms. The zero-order valence-electron chi connectivity index (χ0n) is 12.8. The number of benzene rings is 1. The minimum absolute atomic E-state index is 0.294. The van der Waals surface area contributed by atoms with E-state index in [2.05, 4.69) is 0 Å². The first-order chi connectivity index (χ1) is 8.49. The molecule has 0 spiro atoms. The van der Waals surface area contributed by atoms with Gasteiger partial charge in [-0.25, -0.2) is 0 Å². The van der Waals surface area contributed by atoms with Gasteiger partial charge in [0.1, 0.15) is 0 Å². The number of hydrogen-bond donors (Lipinski definition) is 0. The highest BCUT2D eigenvalue weighted by Crippen LogP contribution is 2.56. The van der Waals surface area contributed by atoms with Crippen LogP contribution < -0.4 is 0 Å². The third-order valence-electron chi connectivity index (χ3n) is 2.04. The normalized spacial score (nSPS) is 13.6. The Labute approximate surface area is 116 Å². The summed E-state index contributed by atoms with van der Waals surface area (Å²) in [5.74, 6) is 0. The summed E-state index contributed by atoms with van der Waals surface area (Å²) in [4.78, 5) is 0. The van der Waals surface area contributed by atoms with Crippen molar-refractivity contribution < 1.29 is 13.6 Å². The van der Waals surface area contributed by atoms with Crippen molar-refractivity contribution in [1.29, 1.82) is 0 Å². The average molecular weight is 284 g/mol. The fourth-order valence-corrected chi connectivity index (χ4v) is 4.22. The molecule has 0 fully saturated rings. The molecule has 0 aliphatic carbocycles. The van der Waals surface area contributed by atoms with Crippen molar-refractivity contribution in [2.24, 2.45) is 0 Å². The zero-order chi connectivity index (χ0) is 14.7. The van der Waals surface area contributed by atoms with E-state index in [1.807, 2.05) is 71.9 Å². The maximum Gasteiger partial charge on any atom is 0.336 e. The first kappa shape index (κ1) is 16.4. The summed E-state index contributed by atoms with van der Waals surface area (Å²) in [6, 6.07) is 9.65. The summed E-state index contributed by atoms with van der Waals surface area (Å²) in [6.45, 7) is 11.3. The molecule has 0 radical (unpaired) electrons. The predicted octanol–water partition coefficient (Wildman–Crippen LogP) is 5.01. The molecule has 0 saturated carbocycles. The van der Waals surface area contributed by atoms with E-state index in [9.17, 15) is 4.57 Å². The van der Waals surface area contributed by atoms with E-state index < -0.39 is 18.8 Å². The van der Waals surface area contributed by atoms with Crippen LogP contribution in [0.1, 0.15) is 47.1 Å². The molecule has 0 N–H and O–H groups in total. The molecule has 0 saturated heterocycles. The largest absolute Gasteiger partial charge is 0.336 e. The molecule has 0 bridgehead atoms. The first-order valence-electron chi connectivity index (χ1n) is 6.54. The molecule has 0 aliphatic heterocycles. The molecule has 1 aromatic carbocycles. The van der Waals surface area contributed by atoms with Gasteiger partial charge in [-0.2, -0.15) is 0 Å². The topological polar surface area (TPSA) is 35.5 Å². The standard InChI is InChI=1S/C15H25O3P/c1-14(2,3)17-19(16,18-15(4,5)6)12-13-10-8-7-9-11-13/h7-11H,12H2,1-6H3. The SMILES string of the molecule is CC(C)(C)OP(=O)(Cc1ccccc1)OC(C)(C)C. The molecule has 0 atom stereocenters. The lowest BCUT2D eigenvalue weighted by molar-refractivity contribution is 0.0485. The van der Waals surface area contributed by atoms with Gasteiger partial charge in [-0.1, -0.05) is 30.3 Å². The summed E-state index contributed by atoms with van der Waals surface area (Å²) in [6.07, 6.45) is 0.294. The molecule has 4 heteroatoms. The van der Waals surface area contributed by atoms with Gasteiger partial charge in [0, 0.05) is 0 Å². The molecular formula is C15H25O3P. The van der Waals surface area contributed by atoms with Crippen LogP contribution in [-0.4, -0.2) is 11.2 Å². The maximum atomic E-state index is 13.0. The van der Waals surface area contributed by atoms with Crippen molar-refractivity contribution in [3.63, 3.8) is 0 Å². The lowest BCUT2D eigenvalue weighted by atomic mass is 10.2. The lowest BCUT2D eigenvalue weighted by Gasteiger charge is -2.32. The van der Waals surface area contributed by atoms with Gasteiger partial charge in [-0.15, -0.1) is 0 Å². The van der Waals surface area contributed by atoms with Gasteiger partial charge in [-0.3, -0.25) is 4.57 Å². The Balaban J connectivity index is 2.96. The van der Waals surface area contributed by atoms with Crippen LogP contribution in [0.2, 0.25) is 0 Å². The fraction of sp³-hybridized carbons (Fsp3) is 0.600. The molecule has 108 valence electrons. The van der Waals surface area contributed by atoms with Gasteiger partial charge >= 0.3 is 7.60 Å². The van der Waals surface area contributed by atoms with E-state index in [4.69, 9.17) is 9.05 Å². The van der Waals surface area contributed by atoms with Crippen LogP contribution in [0, 0.1) is 0 Å². The second-order valence-electron chi connectivity index (χ2n) is 6.66. The van der Waals surface area contributed by atoms with E-state index in [1.165, 1.54) is 0 Å². The van der Waals surface area contributed by atoms with Crippen LogP contribution in [0.3, 0.4) is 0 Å². The Kier molecular flexibility index (Phi) is 5.00. The van der Waals surface area contributed by atoms with Crippen LogP contribution in [-0.2, 0) is 19.8 Å². The molecule has 0 aromatic heterocycles. The van der Waals surface area contributed by atoms with Crippen molar-refractivity contribution in [1.82, 2.24) is 0 Å². The zero-order valence-corrected chi connectivity index (χ0v) is 13.7. The van der Waals surface area contributed by atoms with E-state index in [-0.39, 0.29) is 0 Å². The third kappa shape index (κ3) is 6.91. The molecular weight excluding hydrogens is 259 g/mol. The van der Waals surface area contributed by atoms with Gasteiger partial charge in [-0.05, 0) is 47.1 Å². The van der Waals surface area contributed by atoms with E-state index >= 15 is 0 Å². The Bertz CT molecular complexity index is 421. The number of hydrogen-bond acceptors (Lipinski definition) is 3. The van der Waals surface area contributed by atoms with Gasteiger partial charge < -0.3 is 9.05 Å². The van der Waals surface area contributed by atoms with Crippen molar-refractivity contribution in [3.8, 4) is 0 Å².